The smallest absolute Gasteiger partial charge is 0.412 e. The Morgan fingerprint density at radius 2 is 1.76 bits per heavy atom. The lowest BCUT2D eigenvalue weighted by molar-refractivity contribution is -0.147. The van der Waals surface area contributed by atoms with Crippen molar-refractivity contribution in [2.24, 2.45) is 17.3 Å². The lowest BCUT2D eigenvalue weighted by Crippen LogP contribution is -2.12. The second-order valence-electron chi connectivity index (χ2n) is 8.24. The Morgan fingerprint density at radius 3 is 2.38 bits per heavy atom. The quantitative estimate of drug-likeness (QED) is 0.422. The molecule has 2 unspecified atom stereocenters. The lowest BCUT2D eigenvalue weighted by Gasteiger charge is -2.12. The van der Waals surface area contributed by atoms with Crippen LogP contribution in [-0.2, 0) is 16.1 Å². The van der Waals surface area contributed by atoms with Crippen LogP contribution in [-0.4, -0.2) is 12.1 Å². The van der Waals surface area contributed by atoms with Gasteiger partial charge in [-0.1, -0.05) is 68.5 Å². The van der Waals surface area contributed by atoms with Crippen molar-refractivity contribution in [2.75, 3.05) is 0 Å². The van der Waals surface area contributed by atoms with Gasteiger partial charge in [-0.05, 0) is 47.4 Å². The maximum atomic E-state index is 12.8. The van der Waals surface area contributed by atoms with Gasteiger partial charge in [-0.2, -0.15) is 13.2 Å². The molecule has 1 aliphatic carbocycles. The summed E-state index contributed by atoms with van der Waals surface area (Å²) in [5.41, 5.74) is 2.84. The highest BCUT2D eigenvalue weighted by Gasteiger charge is 2.62. The van der Waals surface area contributed by atoms with Crippen LogP contribution in [0.2, 0.25) is 0 Å². The van der Waals surface area contributed by atoms with Crippen LogP contribution < -0.4 is 0 Å². The monoisotopic (exact) mass is 402 g/mol. The number of alkyl halides is 3. The van der Waals surface area contributed by atoms with Gasteiger partial charge in [0.2, 0.25) is 0 Å². The number of allylic oxidation sites excluding steroid dienone is 2. The molecule has 5 heteroatoms. The summed E-state index contributed by atoms with van der Waals surface area (Å²) in [5.74, 6) is -1.47. The summed E-state index contributed by atoms with van der Waals surface area (Å²) < 4.78 is 44.0. The summed E-state index contributed by atoms with van der Waals surface area (Å²) in [7, 11) is 0. The molecule has 0 N–H and O–H groups in total. The molecule has 0 aliphatic heterocycles. The highest BCUT2D eigenvalue weighted by Crippen LogP contribution is 2.60. The van der Waals surface area contributed by atoms with Crippen LogP contribution in [0.25, 0.3) is 11.1 Å². The maximum absolute atomic E-state index is 12.8. The minimum absolute atomic E-state index is 0.104. The fraction of sp³-hybridized carbons (Fsp3) is 0.375. The van der Waals surface area contributed by atoms with Gasteiger partial charge < -0.3 is 4.74 Å². The normalized spacial score (nSPS) is 21.0. The van der Waals surface area contributed by atoms with E-state index in [2.05, 4.69) is 0 Å². The summed E-state index contributed by atoms with van der Waals surface area (Å²) in [5, 5.41) is 0. The largest absolute Gasteiger partial charge is 0.461 e. The molecule has 0 aromatic heterocycles. The molecule has 1 aliphatic rings. The molecule has 0 spiro atoms. The molecule has 0 radical (unpaired) electrons. The van der Waals surface area contributed by atoms with E-state index in [9.17, 15) is 18.0 Å². The van der Waals surface area contributed by atoms with E-state index in [1.165, 1.54) is 0 Å². The van der Waals surface area contributed by atoms with E-state index >= 15 is 0 Å². The third kappa shape index (κ3) is 4.39. The van der Waals surface area contributed by atoms with Crippen LogP contribution in [0.4, 0.5) is 13.2 Å². The Labute approximate surface area is 169 Å². The van der Waals surface area contributed by atoms with Crippen molar-refractivity contribution in [3.8, 4) is 11.1 Å². The number of halogens is 3. The molecular formula is C24H25F3O2. The van der Waals surface area contributed by atoms with Crippen molar-refractivity contribution >= 4 is 5.97 Å². The topological polar surface area (TPSA) is 26.3 Å². The fourth-order valence-electron chi connectivity index (χ4n) is 3.81. The van der Waals surface area contributed by atoms with E-state index in [4.69, 9.17) is 4.74 Å². The number of benzene rings is 2. The van der Waals surface area contributed by atoms with Gasteiger partial charge in [0, 0.05) is 5.57 Å². The Hall–Kier alpha value is -2.56. The van der Waals surface area contributed by atoms with Gasteiger partial charge in [-0.25, -0.2) is 0 Å². The van der Waals surface area contributed by atoms with E-state index < -0.39 is 35.0 Å². The van der Waals surface area contributed by atoms with Gasteiger partial charge in [0.05, 0.1) is 5.92 Å². The molecule has 2 aromatic carbocycles. The van der Waals surface area contributed by atoms with Gasteiger partial charge in [-0.15, -0.1) is 0 Å². The predicted molar refractivity (Wildman–Crippen MR) is 107 cm³/mol. The first kappa shape index (κ1) is 21.2. The highest BCUT2D eigenvalue weighted by atomic mass is 19.4. The van der Waals surface area contributed by atoms with Crippen molar-refractivity contribution < 1.29 is 22.7 Å². The van der Waals surface area contributed by atoms with Gasteiger partial charge >= 0.3 is 12.1 Å². The second kappa shape index (κ2) is 7.69. The summed E-state index contributed by atoms with van der Waals surface area (Å²) in [6.07, 6.45) is -3.21. The summed E-state index contributed by atoms with van der Waals surface area (Å²) in [4.78, 5) is 12.6. The number of ether oxygens (including phenoxy) is 1. The SMILES string of the molecule is C/C(=C\C1C(C(=O)OCc2cccc(-c3ccccc3)c2C)C1(C)C)C(F)(F)F. The molecule has 1 saturated carbocycles. The van der Waals surface area contributed by atoms with E-state index in [0.29, 0.717) is 0 Å². The Balaban J connectivity index is 1.70. The van der Waals surface area contributed by atoms with Crippen LogP contribution >= 0.6 is 0 Å². The third-order valence-corrected chi connectivity index (χ3v) is 5.94. The lowest BCUT2D eigenvalue weighted by atomic mass is 9.97. The first-order chi connectivity index (χ1) is 13.5. The Kier molecular flexibility index (Phi) is 5.61. The van der Waals surface area contributed by atoms with E-state index in [1.807, 2.05) is 55.5 Å². The van der Waals surface area contributed by atoms with Crippen LogP contribution in [0.1, 0.15) is 31.9 Å². The van der Waals surface area contributed by atoms with Gasteiger partial charge in [0.15, 0.2) is 0 Å². The van der Waals surface area contributed by atoms with Crippen LogP contribution in [0, 0.1) is 24.2 Å². The van der Waals surface area contributed by atoms with Gasteiger partial charge in [-0.3, -0.25) is 4.79 Å². The van der Waals surface area contributed by atoms with E-state index in [-0.39, 0.29) is 6.61 Å². The van der Waals surface area contributed by atoms with Crippen molar-refractivity contribution in [1.29, 1.82) is 0 Å². The minimum atomic E-state index is -4.37. The maximum Gasteiger partial charge on any atom is 0.412 e. The average Bonchev–Trinajstić information content (AvgIpc) is 3.20. The minimum Gasteiger partial charge on any atom is -0.461 e. The molecule has 0 heterocycles. The molecule has 2 aromatic rings. The molecule has 3 rings (SSSR count). The molecular weight excluding hydrogens is 377 g/mol. The number of hydrogen-bond acceptors (Lipinski definition) is 2. The van der Waals surface area contributed by atoms with E-state index in [1.54, 1.807) is 13.8 Å². The zero-order valence-electron chi connectivity index (χ0n) is 17.0. The summed E-state index contributed by atoms with van der Waals surface area (Å²) in [6, 6.07) is 15.8. The highest BCUT2D eigenvalue weighted by molar-refractivity contribution is 5.78. The van der Waals surface area contributed by atoms with Gasteiger partial charge in [0.25, 0.3) is 0 Å². The second-order valence-corrected chi connectivity index (χ2v) is 8.24. The zero-order chi connectivity index (χ0) is 21.4. The Bertz CT molecular complexity index is 927. The first-order valence-electron chi connectivity index (χ1n) is 9.59. The molecule has 1 fully saturated rings. The molecule has 0 bridgehead atoms. The number of carbonyl (C=O) groups excluding carboxylic acids is 1. The Morgan fingerprint density at radius 1 is 1.10 bits per heavy atom. The average molecular weight is 402 g/mol. The molecule has 2 nitrogen and oxygen atoms in total. The zero-order valence-corrected chi connectivity index (χ0v) is 17.0. The number of carbonyl (C=O) groups is 1. The van der Waals surface area contributed by atoms with E-state index in [0.717, 1.165) is 35.3 Å². The number of rotatable bonds is 5. The number of hydrogen-bond donors (Lipinski definition) is 0. The molecule has 2 atom stereocenters. The number of esters is 1. The summed E-state index contributed by atoms with van der Waals surface area (Å²) in [6.45, 7) is 6.71. The van der Waals surface area contributed by atoms with Crippen LogP contribution in [0.5, 0.6) is 0 Å². The van der Waals surface area contributed by atoms with Crippen molar-refractivity contribution in [3.63, 3.8) is 0 Å². The van der Waals surface area contributed by atoms with Crippen molar-refractivity contribution in [3.05, 3.63) is 71.3 Å². The van der Waals surface area contributed by atoms with Crippen LogP contribution in [0.3, 0.4) is 0 Å². The first-order valence-corrected chi connectivity index (χ1v) is 9.59. The van der Waals surface area contributed by atoms with Gasteiger partial charge in [0.1, 0.15) is 6.61 Å². The molecule has 0 amide bonds. The third-order valence-electron chi connectivity index (χ3n) is 5.94. The molecule has 29 heavy (non-hydrogen) atoms. The molecule has 154 valence electrons. The standard InChI is InChI=1S/C24H25F3O2/c1-15(24(25,26)27)13-20-21(23(20,3)4)22(28)29-14-18-11-8-12-19(16(18)2)17-9-6-5-7-10-17/h5-13,20-21H,14H2,1-4H3/b15-13+. The van der Waals surface area contributed by atoms with Crippen LogP contribution in [0.15, 0.2) is 60.2 Å². The predicted octanol–water partition coefficient (Wildman–Crippen LogP) is 6.49. The van der Waals surface area contributed by atoms with Crippen molar-refractivity contribution in [2.45, 2.75) is 40.5 Å². The summed E-state index contributed by atoms with van der Waals surface area (Å²) >= 11 is 0. The molecule has 0 saturated heterocycles. The fourth-order valence-corrected chi connectivity index (χ4v) is 3.81. The van der Waals surface area contributed by atoms with Crippen molar-refractivity contribution in [1.82, 2.24) is 0 Å².